The molecule has 0 aliphatic heterocycles. The van der Waals surface area contributed by atoms with Gasteiger partial charge in [0.25, 0.3) is 0 Å². The van der Waals surface area contributed by atoms with E-state index in [1.54, 1.807) is 0 Å². The van der Waals surface area contributed by atoms with Crippen LogP contribution < -0.4 is 0 Å². The molecule has 0 amide bonds. The molecule has 0 fully saturated rings. The van der Waals surface area contributed by atoms with Gasteiger partial charge in [-0.3, -0.25) is 0 Å². The summed E-state index contributed by atoms with van der Waals surface area (Å²) in [7, 11) is 0. The Morgan fingerprint density at radius 3 is 1.36 bits per heavy atom. The van der Waals surface area contributed by atoms with E-state index in [-0.39, 0.29) is 13.2 Å². The van der Waals surface area contributed by atoms with Crippen molar-refractivity contribution in [3.05, 3.63) is 0 Å². The highest BCUT2D eigenvalue weighted by Crippen LogP contribution is 1.88. The Balaban J connectivity index is 0. The van der Waals surface area contributed by atoms with Gasteiger partial charge in [-0.1, -0.05) is 13.8 Å². The number of aliphatic hydroxyl groups is 4. The maximum absolute atomic E-state index is 8.71. The molecule has 0 spiro atoms. The summed E-state index contributed by atoms with van der Waals surface area (Å²) in [4.78, 5) is 8.76. The lowest BCUT2D eigenvalue weighted by atomic mass is 10.4. The van der Waals surface area contributed by atoms with Gasteiger partial charge in [0.05, 0.1) is 13.2 Å². The van der Waals surface area contributed by atoms with E-state index in [1.807, 2.05) is 13.8 Å². The molecule has 0 bridgehead atoms. The lowest BCUT2D eigenvalue weighted by molar-refractivity contribution is -0.316. The standard InChI is InChI=1S/C6H14O6.C2H6/c7-1-5(9)3-11-12-4-6(10)2-8;1-2/h5-10H,1-4H2;1-2H3. The van der Waals surface area contributed by atoms with E-state index in [0.717, 1.165) is 0 Å². The Bertz CT molecular complexity index is 87.8. The highest BCUT2D eigenvalue weighted by Gasteiger charge is 2.04. The summed E-state index contributed by atoms with van der Waals surface area (Å²) in [6, 6.07) is 0. The van der Waals surface area contributed by atoms with Crippen molar-refractivity contribution in [2.75, 3.05) is 26.4 Å². The van der Waals surface area contributed by atoms with Crippen LogP contribution in [0.1, 0.15) is 13.8 Å². The Morgan fingerprint density at radius 1 is 0.857 bits per heavy atom. The van der Waals surface area contributed by atoms with Crippen LogP contribution in [0.5, 0.6) is 0 Å². The lowest BCUT2D eigenvalue weighted by Crippen LogP contribution is -2.23. The minimum atomic E-state index is -0.990. The summed E-state index contributed by atoms with van der Waals surface area (Å²) < 4.78 is 0. The fourth-order valence-electron chi connectivity index (χ4n) is 0.359. The minimum absolute atomic E-state index is 0.172. The van der Waals surface area contributed by atoms with E-state index in [1.165, 1.54) is 0 Å². The molecule has 0 aromatic heterocycles. The van der Waals surface area contributed by atoms with Crippen molar-refractivity contribution in [2.45, 2.75) is 26.1 Å². The second-order valence-corrected chi connectivity index (χ2v) is 2.24. The van der Waals surface area contributed by atoms with Gasteiger partial charge in [0.1, 0.15) is 25.4 Å². The van der Waals surface area contributed by atoms with Crippen LogP contribution in [0.15, 0.2) is 0 Å². The minimum Gasteiger partial charge on any atom is -0.394 e. The molecule has 2 unspecified atom stereocenters. The maximum atomic E-state index is 8.71. The number of hydrogen-bond donors (Lipinski definition) is 4. The van der Waals surface area contributed by atoms with Gasteiger partial charge in [-0.2, -0.15) is 0 Å². The zero-order chi connectivity index (χ0) is 11.4. The molecule has 6 heteroatoms. The molecule has 0 aliphatic carbocycles. The highest BCUT2D eigenvalue weighted by molar-refractivity contribution is 4.48. The van der Waals surface area contributed by atoms with Crippen LogP contribution in [0.3, 0.4) is 0 Å². The first-order valence-corrected chi connectivity index (χ1v) is 4.53. The maximum Gasteiger partial charge on any atom is 0.110 e. The van der Waals surface area contributed by atoms with Crippen molar-refractivity contribution >= 4 is 0 Å². The number of hydrogen-bond acceptors (Lipinski definition) is 6. The van der Waals surface area contributed by atoms with Crippen molar-refractivity contribution in [1.82, 2.24) is 0 Å². The zero-order valence-electron chi connectivity index (χ0n) is 8.59. The number of aliphatic hydroxyl groups excluding tert-OH is 4. The van der Waals surface area contributed by atoms with Crippen LogP contribution in [0, 0.1) is 0 Å². The fraction of sp³-hybridized carbons (Fsp3) is 1.00. The Labute approximate surface area is 83.6 Å². The third-order valence-electron chi connectivity index (χ3n) is 1.03. The second kappa shape index (κ2) is 12.8. The summed E-state index contributed by atoms with van der Waals surface area (Å²) in [5.41, 5.74) is 0. The van der Waals surface area contributed by atoms with E-state index in [4.69, 9.17) is 20.4 Å². The average molecular weight is 212 g/mol. The summed E-state index contributed by atoms with van der Waals surface area (Å²) in [5, 5.41) is 34.1. The second-order valence-electron chi connectivity index (χ2n) is 2.24. The average Bonchev–Trinajstić information content (AvgIpc) is 2.26. The topological polar surface area (TPSA) is 99.4 Å². The first-order valence-electron chi connectivity index (χ1n) is 4.53. The molecule has 0 aromatic rings. The number of rotatable bonds is 7. The zero-order valence-corrected chi connectivity index (χ0v) is 8.59. The summed E-state index contributed by atoms with van der Waals surface area (Å²) in [6.45, 7) is 2.83. The van der Waals surface area contributed by atoms with Crippen molar-refractivity contribution in [3.8, 4) is 0 Å². The molecule has 0 rings (SSSR count). The molecule has 0 aliphatic rings. The Morgan fingerprint density at radius 2 is 1.14 bits per heavy atom. The molecule has 0 saturated carbocycles. The summed E-state index contributed by atoms with van der Waals surface area (Å²) >= 11 is 0. The van der Waals surface area contributed by atoms with Gasteiger partial charge >= 0.3 is 0 Å². The van der Waals surface area contributed by atoms with E-state index in [9.17, 15) is 0 Å². The molecule has 0 heterocycles. The molecular formula is C8H20O6. The molecule has 0 radical (unpaired) electrons. The van der Waals surface area contributed by atoms with Crippen LogP contribution in [0.2, 0.25) is 0 Å². The van der Waals surface area contributed by atoms with Crippen molar-refractivity contribution in [3.63, 3.8) is 0 Å². The third-order valence-corrected chi connectivity index (χ3v) is 1.03. The summed E-state index contributed by atoms with van der Waals surface area (Å²) in [5.74, 6) is 0. The van der Waals surface area contributed by atoms with Crippen molar-refractivity contribution in [2.24, 2.45) is 0 Å². The molecule has 0 saturated heterocycles. The molecule has 2 atom stereocenters. The van der Waals surface area contributed by atoms with Gasteiger partial charge in [-0.15, -0.1) is 0 Å². The van der Waals surface area contributed by atoms with Gasteiger partial charge in [-0.25, -0.2) is 9.78 Å². The highest BCUT2D eigenvalue weighted by atomic mass is 17.2. The molecule has 88 valence electrons. The van der Waals surface area contributed by atoms with Gasteiger partial charge in [0.2, 0.25) is 0 Å². The summed E-state index contributed by atoms with van der Waals surface area (Å²) in [6.07, 6.45) is -1.98. The van der Waals surface area contributed by atoms with Crippen molar-refractivity contribution < 1.29 is 30.2 Å². The van der Waals surface area contributed by atoms with Gasteiger partial charge in [-0.05, 0) is 0 Å². The lowest BCUT2D eigenvalue weighted by Gasteiger charge is -2.09. The molecule has 14 heavy (non-hydrogen) atoms. The van der Waals surface area contributed by atoms with Gasteiger partial charge in [0, 0.05) is 0 Å². The van der Waals surface area contributed by atoms with Crippen molar-refractivity contribution in [1.29, 1.82) is 0 Å². The van der Waals surface area contributed by atoms with E-state index in [2.05, 4.69) is 9.78 Å². The fourth-order valence-corrected chi connectivity index (χ4v) is 0.359. The van der Waals surface area contributed by atoms with Gasteiger partial charge in [0.15, 0.2) is 0 Å². The molecular weight excluding hydrogens is 192 g/mol. The van der Waals surface area contributed by atoms with Crippen LogP contribution in [-0.4, -0.2) is 59.1 Å². The first-order chi connectivity index (χ1) is 6.70. The quantitative estimate of drug-likeness (QED) is 0.237. The SMILES string of the molecule is CC.OCC(O)COOCC(O)CO. The Kier molecular flexibility index (Phi) is 14.8. The van der Waals surface area contributed by atoms with Crippen LogP contribution in [-0.2, 0) is 9.78 Å². The van der Waals surface area contributed by atoms with Gasteiger partial charge < -0.3 is 20.4 Å². The van der Waals surface area contributed by atoms with E-state index in [0.29, 0.717) is 0 Å². The third kappa shape index (κ3) is 11.8. The van der Waals surface area contributed by atoms with E-state index >= 15 is 0 Å². The van der Waals surface area contributed by atoms with E-state index < -0.39 is 25.4 Å². The molecule has 4 N–H and O–H groups in total. The predicted molar refractivity (Wildman–Crippen MR) is 49.4 cm³/mol. The smallest absolute Gasteiger partial charge is 0.110 e. The monoisotopic (exact) mass is 212 g/mol. The predicted octanol–water partition coefficient (Wildman–Crippen LogP) is -1.33. The normalized spacial score (nSPS) is 14.1. The molecule has 6 nitrogen and oxygen atoms in total. The van der Waals surface area contributed by atoms with Crippen LogP contribution in [0.4, 0.5) is 0 Å². The first kappa shape index (κ1) is 16.2. The molecule has 0 aromatic carbocycles. The van der Waals surface area contributed by atoms with Crippen LogP contribution in [0.25, 0.3) is 0 Å². The largest absolute Gasteiger partial charge is 0.394 e. The van der Waals surface area contributed by atoms with Crippen LogP contribution >= 0.6 is 0 Å². The Hall–Kier alpha value is -0.240.